The van der Waals surface area contributed by atoms with E-state index in [-0.39, 0.29) is 51.1 Å². The van der Waals surface area contributed by atoms with Crippen LogP contribution in [0.1, 0.15) is 36.5 Å². The largest absolute Gasteiger partial charge is 0.462 e. The van der Waals surface area contributed by atoms with E-state index in [0.29, 0.717) is 17.9 Å². The van der Waals surface area contributed by atoms with Crippen LogP contribution in [-0.4, -0.2) is 34.0 Å². The minimum atomic E-state index is -0.381. The van der Waals surface area contributed by atoms with Crippen molar-refractivity contribution in [3.8, 4) is 0 Å². The van der Waals surface area contributed by atoms with Crippen LogP contribution in [0.25, 0.3) is 0 Å². The molecule has 27 heavy (non-hydrogen) atoms. The normalized spacial score (nSPS) is 34.3. The minimum absolute atomic E-state index is 0.111. The Morgan fingerprint density at radius 3 is 2.15 bits per heavy atom. The first kappa shape index (κ1) is 19.1. The van der Waals surface area contributed by atoms with Gasteiger partial charge in [-0.3, -0.25) is 14.5 Å². The average Bonchev–Trinajstić information content (AvgIpc) is 3.27. The highest BCUT2D eigenvalue weighted by Gasteiger charge is 2.66. The van der Waals surface area contributed by atoms with Crippen LogP contribution >= 0.6 is 31.9 Å². The number of hydrogen-bond donors (Lipinski definition) is 0. The maximum atomic E-state index is 13.0. The number of carbonyl (C=O) groups is 3. The van der Waals surface area contributed by atoms with Crippen LogP contribution in [0, 0.1) is 23.7 Å². The summed E-state index contributed by atoms with van der Waals surface area (Å²) in [7, 11) is 0. The number of rotatable bonds is 5. The summed E-state index contributed by atoms with van der Waals surface area (Å²) >= 11 is 7.38. The highest BCUT2D eigenvalue weighted by molar-refractivity contribution is 9.12. The number of anilines is 1. The van der Waals surface area contributed by atoms with E-state index in [9.17, 15) is 14.4 Å². The lowest BCUT2D eigenvalue weighted by atomic mass is 9.81. The monoisotopic (exact) mass is 497 g/mol. The van der Waals surface area contributed by atoms with E-state index in [1.165, 1.54) is 4.90 Å². The van der Waals surface area contributed by atoms with E-state index in [2.05, 4.69) is 31.9 Å². The summed E-state index contributed by atoms with van der Waals surface area (Å²) in [4.78, 5) is 39.8. The maximum absolute atomic E-state index is 13.0. The van der Waals surface area contributed by atoms with E-state index in [4.69, 9.17) is 4.74 Å². The van der Waals surface area contributed by atoms with E-state index < -0.39 is 0 Å². The van der Waals surface area contributed by atoms with Gasteiger partial charge in [0.05, 0.1) is 29.7 Å². The molecule has 144 valence electrons. The molecule has 2 bridgehead atoms. The lowest BCUT2D eigenvalue weighted by Gasteiger charge is -2.28. The number of unbranched alkanes of at least 4 members (excludes halogenated alkanes) is 1. The van der Waals surface area contributed by atoms with Gasteiger partial charge in [-0.15, -0.1) is 0 Å². The molecule has 2 aliphatic carbocycles. The van der Waals surface area contributed by atoms with Crippen molar-refractivity contribution < 1.29 is 19.1 Å². The number of benzene rings is 1. The number of carbonyl (C=O) groups excluding carboxylic acids is 3. The lowest BCUT2D eigenvalue weighted by Crippen LogP contribution is -2.37. The maximum Gasteiger partial charge on any atom is 0.338 e. The Bertz CT molecular complexity index is 749. The summed E-state index contributed by atoms with van der Waals surface area (Å²) in [5.41, 5.74) is 0.955. The van der Waals surface area contributed by atoms with E-state index in [1.54, 1.807) is 24.3 Å². The summed E-state index contributed by atoms with van der Waals surface area (Å²) in [6, 6.07) is 6.56. The zero-order valence-electron chi connectivity index (χ0n) is 14.9. The second-order valence-electron chi connectivity index (χ2n) is 7.55. The number of nitrogens with zero attached hydrogens (tertiary/aromatic N) is 1. The number of alkyl halides is 2. The van der Waals surface area contributed by atoms with Gasteiger partial charge in [0.15, 0.2) is 0 Å². The topological polar surface area (TPSA) is 63.7 Å². The third-order valence-electron chi connectivity index (χ3n) is 6.08. The molecule has 0 unspecified atom stereocenters. The van der Waals surface area contributed by atoms with Crippen LogP contribution in [0.2, 0.25) is 0 Å². The molecule has 3 fully saturated rings. The summed E-state index contributed by atoms with van der Waals surface area (Å²) < 4.78 is 5.20. The Morgan fingerprint density at radius 2 is 1.63 bits per heavy atom. The molecule has 3 aliphatic rings. The van der Waals surface area contributed by atoms with E-state index >= 15 is 0 Å². The Hall–Kier alpha value is -1.21. The van der Waals surface area contributed by atoms with Crippen molar-refractivity contribution in [1.29, 1.82) is 0 Å². The molecule has 2 amide bonds. The van der Waals surface area contributed by atoms with E-state index in [0.717, 1.165) is 19.3 Å². The third kappa shape index (κ3) is 2.97. The molecular weight excluding hydrogens is 478 g/mol. The molecule has 0 spiro atoms. The molecule has 4 rings (SSSR count). The molecule has 5 nitrogen and oxygen atoms in total. The average molecular weight is 499 g/mol. The zero-order chi connectivity index (χ0) is 19.3. The van der Waals surface area contributed by atoms with Crippen LogP contribution in [0.15, 0.2) is 24.3 Å². The Balaban J connectivity index is 1.52. The standard InChI is InChI=1S/C20H21Br2NO4/c1-2-3-8-27-20(26)10-4-6-11(7-5-10)23-18(24)14-12-9-13(15(14)19(23)25)17(22)16(12)21/h4-7,12-17H,2-3,8-9H2,1H3/t12-,13-,14-,15-,16+,17+/m1/s1. The molecule has 1 heterocycles. The quantitative estimate of drug-likeness (QED) is 0.267. The summed E-state index contributed by atoms with van der Waals surface area (Å²) in [6.07, 6.45) is 2.70. The smallest absolute Gasteiger partial charge is 0.338 e. The molecule has 2 saturated carbocycles. The van der Waals surface area contributed by atoms with Gasteiger partial charge in [-0.05, 0) is 48.9 Å². The lowest BCUT2D eigenvalue weighted by molar-refractivity contribution is -0.123. The molecule has 0 N–H and O–H groups in total. The Labute approximate surface area is 175 Å². The van der Waals surface area contributed by atoms with Crippen molar-refractivity contribution >= 4 is 55.3 Å². The van der Waals surface area contributed by atoms with Crippen LogP contribution in [-0.2, 0) is 14.3 Å². The first-order valence-corrected chi connectivity index (χ1v) is 11.2. The second kappa shape index (κ2) is 7.32. The van der Waals surface area contributed by atoms with Gasteiger partial charge in [0.2, 0.25) is 11.8 Å². The van der Waals surface area contributed by atoms with Crippen LogP contribution in [0.3, 0.4) is 0 Å². The Kier molecular flexibility index (Phi) is 5.18. The van der Waals surface area contributed by atoms with Gasteiger partial charge in [0, 0.05) is 9.65 Å². The van der Waals surface area contributed by atoms with Crippen molar-refractivity contribution in [3.05, 3.63) is 29.8 Å². The highest BCUT2D eigenvalue weighted by Crippen LogP contribution is 2.60. The van der Waals surface area contributed by atoms with Crippen molar-refractivity contribution in [1.82, 2.24) is 0 Å². The first-order valence-electron chi connectivity index (χ1n) is 9.38. The van der Waals surface area contributed by atoms with Crippen molar-refractivity contribution in [2.75, 3.05) is 11.5 Å². The molecule has 1 aliphatic heterocycles. The van der Waals surface area contributed by atoms with Crippen molar-refractivity contribution in [2.45, 2.75) is 35.8 Å². The number of imide groups is 1. The molecule has 7 heteroatoms. The van der Waals surface area contributed by atoms with Crippen LogP contribution in [0.4, 0.5) is 5.69 Å². The molecule has 1 aromatic rings. The van der Waals surface area contributed by atoms with E-state index in [1.807, 2.05) is 6.92 Å². The van der Waals surface area contributed by atoms with Gasteiger partial charge < -0.3 is 4.74 Å². The van der Waals surface area contributed by atoms with Gasteiger partial charge in [0.1, 0.15) is 0 Å². The fourth-order valence-corrected chi connectivity index (χ4v) is 6.62. The number of amides is 2. The molecule has 6 atom stereocenters. The molecule has 0 aromatic heterocycles. The second-order valence-corrected chi connectivity index (χ2v) is 9.67. The summed E-state index contributed by atoms with van der Waals surface area (Å²) in [5, 5.41) is 0. The summed E-state index contributed by atoms with van der Waals surface area (Å²) in [5.74, 6) is -0.691. The van der Waals surface area contributed by atoms with Gasteiger partial charge in [-0.1, -0.05) is 45.2 Å². The number of esters is 1. The molecular formula is C20H21Br2NO4. The minimum Gasteiger partial charge on any atom is -0.462 e. The zero-order valence-corrected chi connectivity index (χ0v) is 18.1. The van der Waals surface area contributed by atoms with Gasteiger partial charge in [-0.25, -0.2) is 4.79 Å². The Morgan fingerprint density at radius 1 is 1.07 bits per heavy atom. The SMILES string of the molecule is CCCCOC(=O)c1ccc(N2C(=O)[C@@H]3[C@H]4C[C@@H]([C@H](Br)[C@H]4Br)[C@H]3C2=O)cc1. The molecule has 1 saturated heterocycles. The van der Waals surface area contributed by atoms with Crippen molar-refractivity contribution in [3.63, 3.8) is 0 Å². The summed E-state index contributed by atoms with van der Waals surface area (Å²) in [6.45, 7) is 2.43. The number of ether oxygens (including phenoxy) is 1. The fourth-order valence-electron chi connectivity index (χ4n) is 4.74. The van der Waals surface area contributed by atoms with Gasteiger partial charge in [-0.2, -0.15) is 0 Å². The van der Waals surface area contributed by atoms with Gasteiger partial charge >= 0.3 is 5.97 Å². The number of fused-ring (bicyclic) bond motifs is 5. The molecule has 1 aromatic carbocycles. The number of hydrogen-bond acceptors (Lipinski definition) is 4. The predicted octanol–water partition coefficient (Wildman–Crippen LogP) is 3.93. The third-order valence-corrected chi connectivity index (χ3v) is 9.29. The molecule has 0 radical (unpaired) electrons. The van der Waals surface area contributed by atoms with Crippen LogP contribution < -0.4 is 4.90 Å². The van der Waals surface area contributed by atoms with Crippen LogP contribution in [0.5, 0.6) is 0 Å². The fraction of sp³-hybridized carbons (Fsp3) is 0.550. The number of halogens is 2. The predicted molar refractivity (Wildman–Crippen MR) is 108 cm³/mol. The highest BCUT2D eigenvalue weighted by atomic mass is 79.9. The van der Waals surface area contributed by atoms with Gasteiger partial charge in [0.25, 0.3) is 0 Å². The van der Waals surface area contributed by atoms with Crippen molar-refractivity contribution in [2.24, 2.45) is 23.7 Å². The first-order chi connectivity index (χ1) is 13.0.